The lowest BCUT2D eigenvalue weighted by molar-refractivity contribution is 0.0633. The topological polar surface area (TPSA) is 54.5 Å². The Balaban J connectivity index is 1.52. The predicted molar refractivity (Wildman–Crippen MR) is 121 cm³/mol. The summed E-state index contributed by atoms with van der Waals surface area (Å²) in [4.78, 5) is 39.7. The van der Waals surface area contributed by atoms with E-state index in [9.17, 15) is 18.8 Å². The number of amides is 1. The smallest absolute Gasteiger partial charge is 0.254 e. The van der Waals surface area contributed by atoms with Crippen LogP contribution in [-0.4, -0.2) is 35.5 Å². The van der Waals surface area contributed by atoms with E-state index in [0.29, 0.717) is 41.6 Å². The largest absolute Gasteiger partial charge is 0.338 e. The Kier molecular flexibility index (Phi) is 6.26. The van der Waals surface area contributed by atoms with E-state index in [1.54, 1.807) is 41.3 Å². The lowest BCUT2D eigenvalue weighted by Crippen LogP contribution is -2.42. The van der Waals surface area contributed by atoms with Crippen LogP contribution in [0.4, 0.5) is 4.39 Å². The third-order valence-corrected chi connectivity index (χ3v) is 5.95. The Labute approximate surface area is 186 Å². The molecule has 1 aliphatic rings. The second-order valence-electron chi connectivity index (χ2n) is 8.12. The van der Waals surface area contributed by atoms with E-state index in [-0.39, 0.29) is 24.0 Å². The van der Waals surface area contributed by atoms with Crippen molar-refractivity contribution in [2.75, 3.05) is 13.1 Å². The standard InChI is InChI=1S/C27H24FNO3/c1-18(30)22-11-5-6-12-24(22)27(32)29-15-7-10-21(17-29)26(31)20-13-14-23(25(28)16-20)19-8-3-2-4-9-19/h2-6,8-9,11-14,16,21H,7,10,15,17H2,1H3. The highest BCUT2D eigenvalue weighted by Gasteiger charge is 2.31. The highest BCUT2D eigenvalue weighted by Crippen LogP contribution is 2.27. The van der Waals surface area contributed by atoms with Crippen LogP contribution in [0.1, 0.15) is 50.8 Å². The number of halogens is 1. The minimum atomic E-state index is -0.443. The van der Waals surface area contributed by atoms with Crippen LogP contribution in [0, 0.1) is 11.7 Å². The Morgan fingerprint density at radius 2 is 1.59 bits per heavy atom. The van der Waals surface area contributed by atoms with Gasteiger partial charge in [0.15, 0.2) is 11.6 Å². The van der Waals surface area contributed by atoms with E-state index >= 15 is 0 Å². The first-order valence-electron chi connectivity index (χ1n) is 10.7. The number of Topliss-reactive ketones (excluding diaryl/α,β-unsaturated/α-hetero) is 2. The number of ketones is 2. The average Bonchev–Trinajstić information content (AvgIpc) is 2.83. The molecule has 162 valence electrons. The van der Waals surface area contributed by atoms with E-state index in [1.807, 2.05) is 30.3 Å². The van der Waals surface area contributed by atoms with Crippen molar-refractivity contribution in [2.45, 2.75) is 19.8 Å². The van der Waals surface area contributed by atoms with E-state index in [2.05, 4.69) is 0 Å². The summed E-state index contributed by atoms with van der Waals surface area (Å²) in [5.41, 5.74) is 2.24. The van der Waals surface area contributed by atoms with Crippen molar-refractivity contribution in [3.8, 4) is 11.1 Å². The van der Waals surface area contributed by atoms with Crippen LogP contribution in [0.15, 0.2) is 72.8 Å². The van der Waals surface area contributed by atoms with Crippen molar-refractivity contribution in [1.82, 2.24) is 4.90 Å². The fourth-order valence-corrected chi connectivity index (χ4v) is 4.28. The molecule has 3 aromatic carbocycles. The summed E-state index contributed by atoms with van der Waals surface area (Å²) in [5, 5.41) is 0. The van der Waals surface area contributed by atoms with Crippen LogP contribution < -0.4 is 0 Å². The number of carbonyl (C=O) groups excluding carboxylic acids is 3. The van der Waals surface area contributed by atoms with Gasteiger partial charge in [0.2, 0.25) is 0 Å². The third kappa shape index (κ3) is 4.37. The number of hydrogen-bond acceptors (Lipinski definition) is 3. The summed E-state index contributed by atoms with van der Waals surface area (Å²) in [6.45, 7) is 2.21. The Bertz CT molecular complexity index is 1170. The number of nitrogens with zero attached hydrogens (tertiary/aromatic N) is 1. The molecular weight excluding hydrogens is 405 g/mol. The normalized spacial score (nSPS) is 15.9. The monoisotopic (exact) mass is 429 g/mol. The maximum absolute atomic E-state index is 14.8. The van der Waals surface area contributed by atoms with Crippen LogP contribution >= 0.6 is 0 Å². The van der Waals surface area contributed by atoms with Gasteiger partial charge in [0.05, 0.1) is 5.56 Å². The zero-order chi connectivity index (χ0) is 22.7. The van der Waals surface area contributed by atoms with Crippen molar-refractivity contribution in [1.29, 1.82) is 0 Å². The number of likely N-dealkylation sites (tertiary alicyclic amines) is 1. The molecule has 1 unspecified atom stereocenters. The van der Waals surface area contributed by atoms with Crippen LogP contribution in [-0.2, 0) is 0 Å². The van der Waals surface area contributed by atoms with E-state index in [4.69, 9.17) is 0 Å². The van der Waals surface area contributed by atoms with Gasteiger partial charge in [-0.1, -0.05) is 60.7 Å². The van der Waals surface area contributed by atoms with Crippen molar-refractivity contribution < 1.29 is 18.8 Å². The average molecular weight is 429 g/mol. The number of rotatable bonds is 5. The number of carbonyl (C=O) groups is 3. The molecule has 4 nitrogen and oxygen atoms in total. The molecule has 3 aromatic rings. The molecule has 0 spiro atoms. The van der Waals surface area contributed by atoms with E-state index < -0.39 is 11.7 Å². The Morgan fingerprint density at radius 1 is 0.906 bits per heavy atom. The summed E-state index contributed by atoms with van der Waals surface area (Å²) in [6, 6.07) is 20.5. The molecule has 0 saturated carbocycles. The molecule has 0 bridgehead atoms. The second kappa shape index (κ2) is 9.27. The Hall–Kier alpha value is -3.60. The molecule has 4 rings (SSSR count). The SMILES string of the molecule is CC(=O)c1ccccc1C(=O)N1CCCC(C(=O)c2ccc(-c3ccccc3)c(F)c2)C1. The quantitative estimate of drug-likeness (QED) is 0.508. The lowest BCUT2D eigenvalue weighted by atomic mass is 9.88. The molecule has 1 amide bonds. The van der Waals surface area contributed by atoms with Gasteiger partial charge in [-0.05, 0) is 37.5 Å². The predicted octanol–water partition coefficient (Wildman–Crippen LogP) is 5.43. The fraction of sp³-hybridized carbons (Fsp3) is 0.222. The first kappa shape index (κ1) is 21.6. The van der Waals surface area contributed by atoms with Gasteiger partial charge in [-0.25, -0.2) is 4.39 Å². The zero-order valence-corrected chi connectivity index (χ0v) is 17.9. The van der Waals surface area contributed by atoms with Crippen molar-refractivity contribution in [3.05, 3.63) is 95.3 Å². The number of piperidine rings is 1. The molecule has 1 aliphatic heterocycles. The second-order valence-corrected chi connectivity index (χ2v) is 8.12. The maximum Gasteiger partial charge on any atom is 0.254 e. The van der Waals surface area contributed by atoms with E-state index in [0.717, 1.165) is 5.56 Å². The van der Waals surface area contributed by atoms with Crippen molar-refractivity contribution in [3.63, 3.8) is 0 Å². The first-order valence-corrected chi connectivity index (χ1v) is 10.7. The molecule has 0 N–H and O–H groups in total. The van der Waals surface area contributed by atoms with Crippen molar-refractivity contribution in [2.24, 2.45) is 5.92 Å². The van der Waals surface area contributed by atoms with Gasteiger partial charge in [0.25, 0.3) is 5.91 Å². The molecule has 1 heterocycles. The molecular formula is C27H24FNO3. The molecule has 5 heteroatoms. The summed E-state index contributed by atoms with van der Waals surface area (Å²) < 4.78 is 14.8. The Morgan fingerprint density at radius 3 is 2.28 bits per heavy atom. The zero-order valence-electron chi connectivity index (χ0n) is 17.9. The van der Waals surface area contributed by atoms with Crippen molar-refractivity contribution >= 4 is 17.5 Å². The van der Waals surface area contributed by atoms with Gasteiger partial charge >= 0.3 is 0 Å². The van der Waals surface area contributed by atoms with Gasteiger partial charge in [-0.3, -0.25) is 14.4 Å². The highest BCUT2D eigenvalue weighted by molar-refractivity contribution is 6.07. The van der Waals surface area contributed by atoms with Crippen LogP contribution in [0.25, 0.3) is 11.1 Å². The molecule has 1 fully saturated rings. The third-order valence-electron chi connectivity index (χ3n) is 5.95. The van der Waals surface area contributed by atoms with Crippen LogP contribution in [0.3, 0.4) is 0 Å². The molecule has 0 radical (unpaired) electrons. The summed E-state index contributed by atoms with van der Waals surface area (Å²) in [6.07, 6.45) is 1.31. The van der Waals surface area contributed by atoms with Crippen LogP contribution in [0.2, 0.25) is 0 Å². The highest BCUT2D eigenvalue weighted by atomic mass is 19.1. The minimum Gasteiger partial charge on any atom is -0.338 e. The summed E-state index contributed by atoms with van der Waals surface area (Å²) in [5.74, 6) is -1.44. The van der Waals surface area contributed by atoms with Crippen LogP contribution in [0.5, 0.6) is 0 Å². The van der Waals surface area contributed by atoms with Gasteiger partial charge in [0.1, 0.15) is 5.82 Å². The van der Waals surface area contributed by atoms with Gasteiger partial charge in [-0.2, -0.15) is 0 Å². The molecule has 0 aromatic heterocycles. The summed E-state index contributed by atoms with van der Waals surface area (Å²) >= 11 is 0. The molecule has 1 saturated heterocycles. The van der Waals surface area contributed by atoms with Gasteiger partial charge in [-0.15, -0.1) is 0 Å². The van der Waals surface area contributed by atoms with Gasteiger partial charge in [0, 0.05) is 35.7 Å². The molecule has 32 heavy (non-hydrogen) atoms. The minimum absolute atomic E-state index is 0.166. The molecule has 0 aliphatic carbocycles. The van der Waals surface area contributed by atoms with E-state index in [1.165, 1.54) is 13.0 Å². The summed E-state index contributed by atoms with van der Waals surface area (Å²) in [7, 11) is 0. The molecule has 1 atom stereocenters. The number of hydrogen-bond donors (Lipinski definition) is 0. The lowest BCUT2D eigenvalue weighted by Gasteiger charge is -2.32. The fourth-order valence-electron chi connectivity index (χ4n) is 4.28. The first-order chi connectivity index (χ1) is 15.5. The van der Waals surface area contributed by atoms with Gasteiger partial charge < -0.3 is 4.90 Å². The maximum atomic E-state index is 14.8. The number of benzene rings is 3.